The van der Waals surface area contributed by atoms with Gasteiger partial charge in [0.1, 0.15) is 11.6 Å². The molecule has 1 heterocycles. The lowest BCUT2D eigenvalue weighted by molar-refractivity contribution is -0.170. The van der Waals surface area contributed by atoms with Crippen molar-refractivity contribution in [2.45, 2.75) is 25.6 Å². The molecule has 0 saturated carbocycles. The van der Waals surface area contributed by atoms with Crippen molar-refractivity contribution in [1.82, 2.24) is 4.90 Å². The third-order valence-electron chi connectivity index (χ3n) is 3.43. The van der Waals surface area contributed by atoms with Gasteiger partial charge >= 0.3 is 0 Å². The summed E-state index contributed by atoms with van der Waals surface area (Å²) in [6, 6.07) is 3.79. The van der Waals surface area contributed by atoms with Crippen molar-refractivity contribution < 1.29 is 23.4 Å². The van der Waals surface area contributed by atoms with Crippen LogP contribution in [0.4, 0.5) is 4.39 Å². The van der Waals surface area contributed by atoms with Crippen LogP contribution >= 0.6 is 11.6 Å². The standard InChI is InChI=1S/C16H21ClFNO4/c1-16(2)10-19(7-12(23-16)8-21-3)15(20)9-22-14-5-4-11(18)6-13(14)17/h4-6,12H,7-10H2,1-3H3/t12-/m1/s1. The Balaban J connectivity index is 1.96. The molecule has 23 heavy (non-hydrogen) atoms. The fourth-order valence-corrected chi connectivity index (χ4v) is 2.80. The first-order valence-electron chi connectivity index (χ1n) is 7.33. The molecule has 1 fully saturated rings. The number of nitrogens with zero attached hydrogens (tertiary/aromatic N) is 1. The van der Waals surface area contributed by atoms with Crippen molar-refractivity contribution in [2.24, 2.45) is 0 Å². The smallest absolute Gasteiger partial charge is 0.260 e. The largest absolute Gasteiger partial charge is 0.482 e. The SMILES string of the molecule is COC[C@H]1CN(C(=O)COc2ccc(F)cc2Cl)CC(C)(C)O1. The Kier molecular flexibility index (Phi) is 5.84. The summed E-state index contributed by atoms with van der Waals surface area (Å²) < 4.78 is 29.4. The molecule has 7 heteroatoms. The van der Waals surface area contributed by atoms with Crippen LogP contribution < -0.4 is 4.74 Å². The number of rotatable bonds is 5. The minimum atomic E-state index is -0.454. The van der Waals surface area contributed by atoms with Crippen LogP contribution in [0, 0.1) is 5.82 Å². The predicted octanol–water partition coefficient (Wildman–Crippen LogP) is 2.51. The van der Waals surface area contributed by atoms with E-state index in [-0.39, 0.29) is 29.4 Å². The van der Waals surface area contributed by atoms with E-state index >= 15 is 0 Å². The Morgan fingerprint density at radius 1 is 1.52 bits per heavy atom. The topological polar surface area (TPSA) is 48.0 Å². The van der Waals surface area contributed by atoms with Gasteiger partial charge in [-0.2, -0.15) is 0 Å². The maximum absolute atomic E-state index is 13.0. The van der Waals surface area contributed by atoms with E-state index in [9.17, 15) is 9.18 Å². The highest BCUT2D eigenvalue weighted by atomic mass is 35.5. The number of benzene rings is 1. The molecule has 5 nitrogen and oxygen atoms in total. The summed E-state index contributed by atoms with van der Waals surface area (Å²) in [6.07, 6.45) is -0.179. The average Bonchev–Trinajstić information content (AvgIpc) is 2.44. The second-order valence-electron chi connectivity index (χ2n) is 6.09. The molecule has 0 spiro atoms. The summed E-state index contributed by atoms with van der Waals surface area (Å²) in [5.41, 5.74) is -0.454. The van der Waals surface area contributed by atoms with Gasteiger partial charge in [-0.25, -0.2) is 4.39 Å². The number of amides is 1. The summed E-state index contributed by atoms with van der Waals surface area (Å²) in [6.45, 7) is 5.00. The molecule has 1 aliphatic rings. The minimum absolute atomic E-state index is 0.136. The number of carbonyl (C=O) groups excluding carboxylic acids is 1. The molecular weight excluding hydrogens is 325 g/mol. The van der Waals surface area contributed by atoms with E-state index in [0.29, 0.717) is 19.7 Å². The maximum Gasteiger partial charge on any atom is 0.260 e. The molecule has 1 aromatic rings. The Bertz CT molecular complexity index is 567. The summed E-state index contributed by atoms with van der Waals surface area (Å²) in [7, 11) is 1.59. The van der Waals surface area contributed by atoms with Crippen LogP contribution in [0.1, 0.15) is 13.8 Å². The van der Waals surface area contributed by atoms with Gasteiger partial charge in [-0.15, -0.1) is 0 Å². The molecular formula is C16H21ClFNO4. The normalized spacial score (nSPS) is 20.4. The van der Waals surface area contributed by atoms with E-state index in [2.05, 4.69) is 0 Å². The van der Waals surface area contributed by atoms with E-state index in [1.165, 1.54) is 12.1 Å². The zero-order valence-corrected chi connectivity index (χ0v) is 14.2. The molecule has 0 N–H and O–H groups in total. The van der Waals surface area contributed by atoms with Crippen LogP contribution in [0.5, 0.6) is 5.75 Å². The van der Waals surface area contributed by atoms with Gasteiger partial charge < -0.3 is 19.1 Å². The van der Waals surface area contributed by atoms with Crippen LogP contribution in [0.25, 0.3) is 0 Å². The van der Waals surface area contributed by atoms with Crippen molar-refractivity contribution in [3.05, 3.63) is 29.0 Å². The van der Waals surface area contributed by atoms with Crippen LogP contribution in [-0.4, -0.2) is 55.9 Å². The summed E-state index contributed by atoms with van der Waals surface area (Å²) in [5.74, 6) is -0.351. The number of ether oxygens (including phenoxy) is 3. The van der Waals surface area contributed by atoms with Gasteiger partial charge in [0.05, 0.1) is 23.3 Å². The molecule has 1 saturated heterocycles. The molecule has 0 aromatic heterocycles. The van der Waals surface area contributed by atoms with Gasteiger partial charge in [-0.1, -0.05) is 11.6 Å². The van der Waals surface area contributed by atoms with E-state index < -0.39 is 11.4 Å². The lowest BCUT2D eigenvalue weighted by atomic mass is 10.1. The van der Waals surface area contributed by atoms with Gasteiger partial charge in [-0.3, -0.25) is 4.79 Å². The van der Waals surface area contributed by atoms with E-state index in [4.69, 9.17) is 25.8 Å². The van der Waals surface area contributed by atoms with E-state index in [1.54, 1.807) is 12.0 Å². The number of carbonyl (C=O) groups is 1. The second-order valence-corrected chi connectivity index (χ2v) is 6.50. The Hall–Kier alpha value is -1.37. The quantitative estimate of drug-likeness (QED) is 0.822. The fraction of sp³-hybridized carbons (Fsp3) is 0.562. The van der Waals surface area contributed by atoms with Crippen molar-refractivity contribution >= 4 is 17.5 Å². The Morgan fingerprint density at radius 2 is 2.26 bits per heavy atom. The van der Waals surface area contributed by atoms with Crippen LogP contribution in [0.15, 0.2) is 18.2 Å². The zero-order valence-electron chi connectivity index (χ0n) is 13.5. The first kappa shape index (κ1) is 18.0. The number of morpholine rings is 1. The lowest BCUT2D eigenvalue weighted by Crippen LogP contribution is -2.56. The zero-order chi connectivity index (χ0) is 17.0. The third kappa shape index (κ3) is 5.06. The van der Waals surface area contributed by atoms with Crippen molar-refractivity contribution in [1.29, 1.82) is 0 Å². The summed E-state index contributed by atoms with van der Waals surface area (Å²) >= 11 is 5.88. The molecule has 1 aliphatic heterocycles. The molecule has 128 valence electrons. The van der Waals surface area contributed by atoms with Crippen LogP contribution in [0.3, 0.4) is 0 Å². The van der Waals surface area contributed by atoms with Crippen LogP contribution in [-0.2, 0) is 14.3 Å². The monoisotopic (exact) mass is 345 g/mol. The first-order valence-corrected chi connectivity index (χ1v) is 7.71. The second kappa shape index (κ2) is 7.47. The fourth-order valence-electron chi connectivity index (χ4n) is 2.58. The Morgan fingerprint density at radius 3 is 2.91 bits per heavy atom. The highest BCUT2D eigenvalue weighted by Crippen LogP contribution is 2.25. The molecule has 2 rings (SSSR count). The van der Waals surface area contributed by atoms with Crippen LogP contribution in [0.2, 0.25) is 5.02 Å². The summed E-state index contributed by atoms with van der Waals surface area (Å²) in [5, 5.41) is 0.136. The van der Waals surface area contributed by atoms with Crippen molar-refractivity contribution in [2.75, 3.05) is 33.4 Å². The highest BCUT2D eigenvalue weighted by Gasteiger charge is 2.35. The van der Waals surface area contributed by atoms with Crippen molar-refractivity contribution in [3.8, 4) is 5.75 Å². The first-order chi connectivity index (χ1) is 10.8. The van der Waals surface area contributed by atoms with Gasteiger partial charge in [0.25, 0.3) is 5.91 Å². The summed E-state index contributed by atoms with van der Waals surface area (Å²) in [4.78, 5) is 14.1. The number of hydrogen-bond acceptors (Lipinski definition) is 4. The van der Waals surface area contributed by atoms with E-state index in [0.717, 1.165) is 6.07 Å². The lowest BCUT2D eigenvalue weighted by Gasteiger charge is -2.42. The molecule has 0 radical (unpaired) electrons. The number of halogens is 2. The molecule has 1 atom stereocenters. The van der Waals surface area contributed by atoms with Gasteiger partial charge in [0, 0.05) is 20.2 Å². The van der Waals surface area contributed by atoms with Crippen molar-refractivity contribution in [3.63, 3.8) is 0 Å². The average molecular weight is 346 g/mol. The number of methoxy groups -OCH3 is 1. The molecule has 1 amide bonds. The number of hydrogen-bond donors (Lipinski definition) is 0. The van der Waals surface area contributed by atoms with Gasteiger partial charge in [0.2, 0.25) is 0 Å². The minimum Gasteiger partial charge on any atom is -0.482 e. The predicted molar refractivity (Wildman–Crippen MR) is 84.3 cm³/mol. The third-order valence-corrected chi connectivity index (χ3v) is 3.73. The molecule has 0 bridgehead atoms. The van der Waals surface area contributed by atoms with Gasteiger partial charge in [-0.05, 0) is 32.0 Å². The maximum atomic E-state index is 13.0. The molecule has 1 aromatic carbocycles. The molecule has 0 unspecified atom stereocenters. The molecule has 0 aliphatic carbocycles. The highest BCUT2D eigenvalue weighted by molar-refractivity contribution is 6.32. The van der Waals surface area contributed by atoms with E-state index in [1.807, 2.05) is 13.8 Å². The van der Waals surface area contributed by atoms with Gasteiger partial charge in [0.15, 0.2) is 6.61 Å². The Labute approximate surface area is 140 Å².